The number of methoxy groups -OCH3 is 1. The molecule has 0 spiro atoms. The van der Waals surface area contributed by atoms with E-state index < -0.39 is 28.0 Å². The second-order valence-corrected chi connectivity index (χ2v) is 7.45. The number of fused-ring (bicyclic) bond motifs is 2. The van der Waals surface area contributed by atoms with Crippen LogP contribution in [-0.4, -0.2) is 38.6 Å². The highest BCUT2D eigenvalue weighted by atomic mass is 79.9. The molecule has 0 unspecified atom stereocenters. The first-order valence-electron chi connectivity index (χ1n) is 6.23. The zero-order chi connectivity index (χ0) is 15.2. The van der Waals surface area contributed by atoms with Gasteiger partial charge >= 0.3 is 6.09 Å². The third-order valence-electron chi connectivity index (χ3n) is 3.57. The van der Waals surface area contributed by atoms with Gasteiger partial charge in [-0.2, -0.15) is 0 Å². The molecule has 0 fully saturated rings. The van der Waals surface area contributed by atoms with E-state index in [4.69, 9.17) is 4.74 Å². The number of hydrogen-bond acceptors (Lipinski definition) is 4. The lowest BCUT2D eigenvalue weighted by Gasteiger charge is -2.21. The Balaban J connectivity index is 2.07. The fourth-order valence-electron chi connectivity index (χ4n) is 2.62. The Morgan fingerprint density at radius 2 is 1.81 bits per heavy atom. The Morgan fingerprint density at radius 3 is 2.43 bits per heavy atom. The number of halogens is 1. The molecule has 3 rings (SSSR count). The number of hydrogen-bond donors (Lipinski definition) is 0. The van der Waals surface area contributed by atoms with Crippen molar-refractivity contribution in [2.45, 2.75) is 17.0 Å². The number of sulfone groups is 1. The van der Waals surface area contributed by atoms with Gasteiger partial charge in [-0.3, -0.25) is 4.90 Å². The molecule has 21 heavy (non-hydrogen) atoms. The van der Waals surface area contributed by atoms with Gasteiger partial charge in [0.2, 0.25) is 9.84 Å². The summed E-state index contributed by atoms with van der Waals surface area (Å²) in [5.74, 6) is 0. The molecule has 0 N–H and O–H groups in total. The van der Waals surface area contributed by atoms with E-state index in [1.54, 1.807) is 42.5 Å². The van der Waals surface area contributed by atoms with Gasteiger partial charge in [0.1, 0.15) is 0 Å². The minimum absolute atomic E-state index is 0.201. The summed E-state index contributed by atoms with van der Waals surface area (Å²) < 4.78 is 30.8. The van der Waals surface area contributed by atoms with Crippen LogP contribution in [0.5, 0.6) is 0 Å². The van der Waals surface area contributed by atoms with Crippen molar-refractivity contribution in [1.82, 2.24) is 4.90 Å². The predicted octanol–water partition coefficient (Wildman–Crippen LogP) is 2.46. The predicted molar refractivity (Wildman–Crippen MR) is 80.5 cm³/mol. The average Bonchev–Trinajstić information content (AvgIpc) is 3.03. The van der Waals surface area contributed by atoms with Crippen molar-refractivity contribution < 1.29 is 17.9 Å². The van der Waals surface area contributed by atoms with Gasteiger partial charge in [-0.25, -0.2) is 13.2 Å². The highest BCUT2D eigenvalue weighted by Crippen LogP contribution is 2.44. The van der Waals surface area contributed by atoms with Gasteiger partial charge in [0.15, 0.2) is 0 Å². The Hall–Kier alpha value is -1.60. The molecule has 2 bridgehead atoms. The molecule has 2 atom stereocenters. The molecule has 0 radical (unpaired) electrons. The van der Waals surface area contributed by atoms with E-state index in [9.17, 15) is 13.2 Å². The molecule has 1 amide bonds. The van der Waals surface area contributed by atoms with Crippen LogP contribution in [0.1, 0.15) is 0 Å². The largest absolute Gasteiger partial charge is 0.453 e. The number of nitrogens with zero attached hydrogens (tertiary/aromatic N) is 1. The molecule has 0 aromatic heterocycles. The summed E-state index contributed by atoms with van der Waals surface area (Å²) in [6.07, 6.45) is 2.95. The fourth-order valence-corrected chi connectivity index (χ4v) is 5.53. The van der Waals surface area contributed by atoms with E-state index in [0.29, 0.717) is 4.48 Å². The van der Waals surface area contributed by atoms with Crippen molar-refractivity contribution >= 4 is 31.9 Å². The topological polar surface area (TPSA) is 63.7 Å². The molecule has 0 saturated heterocycles. The summed E-state index contributed by atoms with van der Waals surface area (Å²) in [5.41, 5.74) is 0. The van der Waals surface area contributed by atoms with Crippen LogP contribution in [0.25, 0.3) is 0 Å². The monoisotopic (exact) mass is 369 g/mol. The van der Waals surface area contributed by atoms with Crippen LogP contribution < -0.4 is 0 Å². The first-order chi connectivity index (χ1) is 9.98. The Morgan fingerprint density at radius 1 is 1.19 bits per heavy atom. The molecule has 0 aliphatic carbocycles. The molecular weight excluding hydrogens is 358 g/mol. The molecule has 2 heterocycles. The number of benzene rings is 1. The van der Waals surface area contributed by atoms with E-state index in [1.807, 2.05) is 0 Å². The van der Waals surface area contributed by atoms with E-state index in [2.05, 4.69) is 15.9 Å². The maximum absolute atomic E-state index is 12.8. The fraction of sp³-hybridized carbons (Fsp3) is 0.214. The summed E-state index contributed by atoms with van der Waals surface area (Å²) >= 11 is 3.33. The third-order valence-corrected chi connectivity index (χ3v) is 6.66. The maximum Gasteiger partial charge on any atom is 0.411 e. The van der Waals surface area contributed by atoms with Crippen molar-refractivity contribution in [2.75, 3.05) is 7.11 Å². The summed E-state index contributed by atoms with van der Waals surface area (Å²) in [6, 6.07) is 7.13. The molecule has 1 aromatic rings. The standard InChI is InChI=1S/C14H12BrNO4S/c1-20-14(17)16-10-7-8-11(16)13(12(10)15)21(18,19)9-5-3-2-4-6-9/h2-8,10-11H,1H3/t10-,11+/m0/s1. The normalized spacial score (nSPS) is 23.8. The van der Waals surface area contributed by atoms with Crippen LogP contribution in [0.2, 0.25) is 0 Å². The molecule has 2 aliphatic rings. The van der Waals surface area contributed by atoms with Crippen LogP contribution in [0.4, 0.5) is 4.79 Å². The van der Waals surface area contributed by atoms with E-state index in [-0.39, 0.29) is 9.80 Å². The summed E-state index contributed by atoms with van der Waals surface area (Å²) in [4.78, 5) is 13.7. The van der Waals surface area contributed by atoms with Crippen molar-refractivity contribution in [3.05, 3.63) is 51.9 Å². The number of ether oxygens (including phenoxy) is 1. The smallest absolute Gasteiger partial charge is 0.411 e. The lowest BCUT2D eigenvalue weighted by molar-refractivity contribution is 0.123. The van der Waals surface area contributed by atoms with E-state index in [0.717, 1.165) is 0 Å². The van der Waals surface area contributed by atoms with Crippen LogP contribution in [0.15, 0.2) is 56.8 Å². The molecule has 110 valence electrons. The van der Waals surface area contributed by atoms with Crippen LogP contribution in [-0.2, 0) is 14.6 Å². The second-order valence-electron chi connectivity index (χ2n) is 4.68. The van der Waals surface area contributed by atoms with Gasteiger partial charge in [-0.05, 0) is 12.1 Å². The molecular formula is C14H12BrNO4S. The van der Waals surface area contributed by atoms with Crippen molar-refractivity contribution in [3.8, 4) is 0 Å². The van der Waals surface area contributed by atoms with Gasteiger partial charge in [0, 0.05) is 4.48 Å². The Kier molecular flexibility index (Phi) is 3.41. The SMILES string of the molecule is COC(=O)N1[C@@H]2C=C[C@H]1C(Br)=C2S(=O)(=O)c1ccccc1. The molecule has 0 saturated carbocycles. The minimum atomic E-state index is -3.66. The highest BCUT2D eigenvalue weighted by molar-refractivity contribution is 9.11. The van der Waals surface area contributed by atoms with Crippen molar-refractivity contribution in [1.29, 1.82) is 0 Å². The first-order valence-corrected chi connectivity index (χ1v) is 8.50. The summed E-state index contributed by atoms with van der Waals surface area (Å²) in [7, 11) is -2.38. The number of carbonyl (C=O) groups excluding carboxylic acids is 1. The average molecular weight is 370 g/mol. The zero-order valence-corrected chi connectivity index (χ0v) is 13.5. The summed E-state index contributed by atoms with van der Waals surface area (Å²) in [5, 5.41) is 0. The van der Waals surface area contributed by atoms with Gasteiger partial charge < -0.3 is 4.74 Å². The minimum Gasteiger partial charge on any atom is -0.453 e. The molecule has 7 heteroatoms. The summed E-state index contributed by atoms with van der Waals surface area (Å²) in [6.45, 7) is 0. The van der Waals surface area contributed by atoms with Crippen LogP contribution >= 0.6 is 15.9 Å². The van der Waals surface area contributed by atoms with Gasteiger partial charge in [-0.1, -0.05) is 46.3 Å². The Bertz CT molecular complexity index is 754. The van der Waals surface area contributed by atoms with E-state index >= 15 is 0 Å². The lowest BCUT2D eigenvalue weighted by Crippen LogP contribution is -2.38. The maximum atomic E-state index is 12.8. The quantitative estimate of drug-likeness (QED) is 0.751. The Labute approximate surface area is 130 Å². The number of amides is 1. The van der Waals surface area contributed by atoms with Crippen molar-refractivity contribution in [2.24, 2.45) is 0 Å². The van der Waals surface area contributed by atoms with Crippen LogP contribution in [0.3, 0.4) is 0 Å². The van der Waals surface area contributed by atoms with Crippen LogP contribution in [0, 0.1) is 0 Å². The molecule has 1 aromatic carbocycles. The number of rotatable bonds is 2. The molecule has 5 nitrogen and oxygen atoms in total. The molecule has 2 aliphatic heterocycles. The highest BCUT2D eigenvalue weighted by Gasteiger charge is 2.49. The van der Waals surface area contributed by atoms with Crippen molar-refractivity contribution in [3.63, 3.8) is 0 Å². The van der Waals surface area contributed by atoms with Gasteiger partial charge in [0.05, 0.1) is 29.0 Å². The second kappa shape index (κ2) is 4.99. The number of carbonyl (C=O) groups is 1. The van der Waals surface area contributed by atoms with Gasteiger partial charge in [-0.15, -0.1) is 0 Å². The first kappa shape index (κ1) is 14.3. The third kappa shape index (κ3) is 2.03. The van der Waals surface area contributed by atoms with E-state index in [1.165, 1.54) is 12.0 Å². The zero-order valence-electron chi connectivity index (χ0n) is 11.1. The van der Waals surface area contributed by atoms with Gasteiger partial charge in [0.25, 0.3) is 0 Å². The lowest BCUT2D eigenvalue weighted by atomic mass is 10.2.